The summed E-state index contributed by atoms with van der Waals surface area (Å²) in [6.45, 7) is 2.18. The Kier molecular flexibility index (Phi) is 6.81. The molecular weight excluding hydrogens is 417 g/mol. The van der Waals surface area contributed by atoms with Crippen molar-refractivity contribution in [1.82, 2.24) is 0 Å². The quantitative estimate of drug-likeness (QED) is 0.460. The molecule has 1 aliphatic carbocycles. The average Bonchev–Trinajstić information content (AvgIpc) is 3.03. The Morgan fingerprint density at radius 1 is 1.36 bits per heavy atom. The first-order valence-electron chi connectivity index (χ1n) is 9.09. The van der Waals surface area contributed by atoms with Crippen LogP contribution >= 0.6 is 34.5 Å². The van der Waals surface area contributed by atoms with Crippen molar-refractivity contribution >= 4 is 57.5 Å². The van der Waals surface area contributed by atoms with E-state index in [0.717, 1.165) is 31.2 Å². The molecule has 1 unspecified atom stereocenters. The molecule has 1 atom stereocenters. The molecule has 0 bridgehead atoms. The maximum absolute atomic E-state index is 12.4. The number of ether oxygens (including phenoxy) is 1. The van der Waals surface area contributed by atoms with Crippen LogP contribution in [0.15, 0.2) is 24.3 Å². The van der Waals surface area contributed by atoms with Crippen molar-refractivity contribution in [3.05, 3.63) is 55.9 Å². The van der Waals surface area contributed by atoms with E-state index in [9.17, 15) is 9.59 Å². The molecule has 3 rings (SSSR count). The van der Waals surface area contributed by atoms with Crippen LogP contribution in [0.2, 0.25) is 10.0 Å². The number of hydrogen-bond acceptors (Lipinski definition) is 4. The summed E-state index contributed by atoms with van der Waals surface area (Å²) < 4.78 is 4.96. The van der Waals surface area contributed by atoms with Gasteiger partial charge in [0.05, 0.1) is 12.7 Å². The van der Waals surface area contributed by atoms with Crippen molar-refractivity contribution in [1.29, 1.82) is 0 Å². The van der Waals surface area contributed by atoms with E-state index in [1.807, 2.05) is 0 Å². The van der Waals surface area contributed by atoms with Crippen LogP contribution in [0.5, 0.6) is 0 Å². The van der Waals surface area contributed by atoms with E-state index in [0.29, 0.717) is 32.1 Å². The summed E-state index contributed by atoms with van der Waals surface area (Å²) in [5.74, 6) is -0.124. The number of thiophene rings is 1. The van der Waals surface area contributed by atoms with Crippen molar-refractivity contribution in [3.8, 4) is 0 Å². The molecule has 1 N–H and O–H groups in total. The number of anilines is 1. The molecule has 7 heteroatoms. The standard InChI is InChI=1S/C21H21Cl2NO3S/c1-3-12-4-8-15-17(10-12)28-20(19(15)21(26)27-2)24-18(25)9-6-13-5-7-14(22)11-16(13)23/h5-7,9,11-12H,3-4,8,10H2,1-2H3,(H,24,25)/b9-6+. The minimum atomic E-state index is -0.410. The lowest BCUT2D eigenvalue weighted by Gasteiger charge is -2.20. The van der Waals surface area contributed by atoms with Gasteiger partial charge in [-0.1, -0.05) is 42.6 Å². The van der Waals surface area contributed by atoms with E-state index >= 15 is 0 Å². The highest BCUT2D eigenvalue weighted by molar-refractivity contribution is 7.17. The third-order valence-corrected chi connectivity index (χ3v) is 6.68. The maximum Gasteiger partial charge on any atom is 0.341 e. The Morgan fingerprint density at radius 3 is 2.82 bits per heavy atom. The molecule has 0 saturated carbocycles. The Labute approximate surface area is 178 Å². The molecule has 2 aromatic rings. The monoisotopic (exact) mass is 437 g/mol. The Balaban J connectivity index is 1.83. The smallest absolute Gasteiger partial charge is 0.341 e. The number of methoxy groups -OCH3 is 1. The molecule has 0 radical (unpaired) electrons. The van der Waals surface area contributed by atoms with Gasteiger partial charge in [0, 0.05) is 21.0 Å². The number of hydrogen-bond donors (Lipinski definition) is 1. The predicted molar refractivity (Wildman–Crippen MR) is 116 cm³/mol. The summed E-state index contributed by atoms with van der Waals surface area (Å²) in [5, 5.41) is 4.38. The van der Waals surface area contributed by atoms with Gasteiger partial charge in [-0.25, -0.2) is 4.79 Å². The molecular formula is C21H21Cl2NO3S. The molecule has 0 aliphatic heterocycles. The summed E-state index contributed by atoms with van der Waals surface area (Å²) in [5.41, 5.74) is 2.19. The fourth-order valence-electron chi connectivity index (χ4n) is 3.36. The highest BCUT2D eigenvalue weighted by atomic mass is 35.5. The molecule has 1 heterocycles. The van der Waals surface area contributed by atoms with E-state index in [1.54, 1.807) is 24.3 Å². The molecule has 28 heavy (non-hydrogen) atoms. The lowest BCUT2D eigenvalue weighted by molar-refractivity contribution is -0.111. The van der Waals surface area contributed by atoms with E-state index in [2.05, 4.69) is 12.2 Å². The molecule has 0 fully saturated rings. The zero-order valence-corrected chi connectivity index (χ0v) is 18.0. The van der Waals surface area contributed by atoms with Crippen molar-refractivity contribution in [2.75, 3.05) is 12.4 Å². The van der Waals surface area contributed by atoms with Gasteiger partial charge in [-0.2, -0.15) is 0 Å². The normalized spacial score (nSPS) is 16.1. The van der Waals surface area contributed by atoms with Gasteiger partial charge in [0.1, 0.15) is 5.00 Å². The number of halogens is 2. The summed E-state index contributed by atoms with van der Waals surface area (Å²) in [7, 11) is 1.36. The fourth-order valence-corrected chi connectivity index (χ4v) is 5.19. The number of benzene rings is 1. The molecule has 1 amide bonds. The average molecular weight is 438 g/mol. The molecule has 4 nitrogen and oxygen atoms in total. The minimum absolute atomic E-state index is 0.332. The van der Waals surface area contributed by atoms with Crippen LogP contribution in [0, 0.1) is 5.92 Å². The molecule has 1 aromatic heterocycles. The summed E-state index contributed by atoms with van der Waals surface area (Å²) in [6.07, 6.45) is 6.94. The molecule has 1 aromatic carbocycles. The van der Waals surface area contributed by atoms with Crippen molar-refractivity contribution < 1.29 is 14.3 Å². The van der Waals surface area contributed by atoms with Crippen molar-refractivity contribution in [2.45, 2.75) is 32.6 Å². The molecule has 148 valence electrons. The van der Waals surface area contributed by atoms with Crippen molar-refractivity contribution in [3.63, 3.8) is 0 Å². The van der Waals surface area contributed by atoms with Gasteiger partial charge in [0.15, 0.2) is 0 Å². The second-order valence-electron chi connectivity index (χ2n) is 6.70. The van der Waals surface area contributed by atoms with Crippen molar-refractivity contribution in [2.24, 2.45) is 5.92 Å². The van der Waals surface area contributed by atoms with Gasteiger partial charge in [0.2, 0.25) is 5.91 Å². The first-order chi connectivity index (χ1) is 13.4. The summed E-state index contributed by atoms with van der Waals surface area (Å²) in [4.78, 5) is 26.0. The van der Waals surface area contributed by atoms with Crippen LogP contribution < -0.4 is 5.32 Å². The molecule has 1 aliphatic rings. The molecule has 0 spiro atoms. The minimum Gasteiger partial charge on any atom is -0.465 e. The third kappa shape index (κ3) is 4.59. The maximum atomic E-state index is 12.4. The summed E-state index contributed by atoms with van der Waals surface area (Å²) >= 11 is 13.5. The van der Waals surface area contributed by atoms with Gasteiger partial charge in [-0.15, -0.1) is 11.3 Å². The first kappa shape index (κ1) is 20.9. The number of fused-ring (bicyclic) bond motifs is 1. The topological polar surface area (TPSA) is 55.4 Å². The van der Waals surface area contributed by atoms with Crippen LogP contribution in [0.4, 0.5) is 5.00 Å². The second-order valence-corrected chi connectivity index (χ2v) is 8.65. The zero-order chi connectivity index (χ0) is 20.3. The number of amides is 1. The van der Waals surface area contributed by atoms with Crippen LogP contribution in [0.3, 0.4) is 0 Å². The highest BCUT2D eigenvalue weighted by Crippen LogP contribution is 2.40. The Hall–Kier alpha value is -1.82. The highest BCUT2D eigenvalue weighted by Gasteiger charge is 2.29. The molecule has 0 saturated heterocycles. The number of rotatable bonds is 5. The lowest BCUT2D eigenvalue weighted by atomic mass is 9.86. The van der Waals surface area contributed by atoms with E-state index in [-0.39, 0.29) is 5.91 Å². The number of nitrogens with one attached hydrogen (secondary N) is 1. The third-order valence-electron chi connectivity index (χ3n) is 4.95. The lowest BCUT2D eigenvalue weighted by Crippen LogP contribution is -2.15. The first-order valence-corrected chi connectivity index (χ1v) is 10.7. The van der Waals surface area contributed by atoms with Crippen LogP contribution in [0.1, 0.15) is 46.1 Å². The van der Waals surface area contributed by atoms with Gasteiger partial charge in [-0.05, 0) is 54.5 Å². The number of carbonyl (C=O) groups excluding carboxylic acids is 2. The fraction of sp³-hybridized carbons (Fsp3) is 0.333. The van der Waals surface area contributed by atoms with Gasteiger partial charge in [-0.3, -0.25) is 4.79 Å². The second kappa shape index (κ2) is 9.12. The zero-order valence-electron chi connectivity index (χ0n) is 15.7. The van der Waals surface area contributed by atoms with E-state index < -0.39 is 5.97 Å². The van der Waals surface area contributed by atoms with E-state index in [4.69, 9.17) is 27.9 Å². The largest absolute Gasteiger partial charge is 0.465 e. The number of carbonyl (C=O) groups is 2. The van der Waals surface area contributed by atoms with E-state index in [1.165, 1.54) is 29.4 Å². The van der Waals surface area contributed by atoms with Crippen LogP contribution in [-0.4, -0.2) is 19.0 Å². The summed E-state index contributed by atoms with van der Waals surface area (Å²) in [6, 6.07) is 5.06. The SMILES string of the molecule is CCC1CCc2c(sc(NC(=O)/C=C/c3ccc(Cl)cc3Cl)c2C(=O)OC)C1. The van der Waals surface area contributed by atoms with Gasteiger partial charge in [0.25, 0.3) is 0 Å². The van der Waals surface area contributed by atoms with Crippen LogP contribution in [0.25, 0.3) is 6.08 Å². The van der Waals surface area contributed by atoms with Gasteiger partial charge >= 0.3 is 5.97 Å². The Morgan fingerprint density at radius 2 is 2.14 bits per heavy atom. The predicted octanol–water partition coefficient (Wildman–Crippen LogP) is 6.01. The number of esters is 1. The van der Waals surface area contributed by atoms with Gasteiger partial charge < -0.3 is 10.1 Å². The van der Waals surface area contributed by atoms with Crippen LogP contribution in [-0.2, 0) is 22.4 Å². The Bertz CT molecular complexity index is 936.